The molecule has 1 aliphatic rings. The molecule has 0 aromatic carbocycles. The van der Waals surface area contributed by atoms with E-state index in [1.807, 2.05) is 6.20 Å². The normalized spacial score (nSPS) is 21.1. The van der Waals surface area contributed by atoms with Gasteiger partial charge in [0.25, 0.3) is 0 Å². The molecule has 0 saturated carbocycles. The molecular weight excluding hydrogens is 216 g/mol. The van der Waals surface area contributed by atoms with Gasteiger partial charge in [-0.15, -0.1) is 0 Å². The Bertz CT molecular complexity index is 474. The lowest BCUT2D eigenvalue weighted by Crippen LogP contribution is -2.24. The summed E-state index contributed by atoms with van der Waals surface area (Å²) in [5, 5.41) is 14.0. The van der Waals surface area contributed by atoms with Crippen LogP contribution in [0.5, 0.6) is 0 Å². The van der Waals surface area contributed by atoms with Crippen LogP contribution in [0.25, 0.3) is 0 Å². The van der Waals surface area contributed by atoms with Crippen molar-refractivity contribution in [2.45, 2.75) is 32.4 Å². The van der Waals surface area contributed by atoms with Crippen molar-refractivity contribution < 1.29 is 0 Å². The molecule has 6 nitrogen and oxygen atoms in total. The summed E-state index contributed by atoms with van der Waals surface area (Å²) in [6.07, 6.45) is 5.79. The molecule has 3 heterocycles. The summed E-state index contributed by atoms with van der Waals surface area (Å²) in [6.45, 7) is 4.08. The Kier molecular flexibility index (Phi) is 2.64. The second-order valence-corrected chi connectivity index (χ2v) is 4.53. The van der Waals surface area contributed by atoms with Crippen LogP contribution in [0.4, 0.5) is 0 Å². The fraction of sp³-hybridized carbons (Fsp3) is 0.545. The molecule has 2 aromatic rings. The molecule has 17 heavy (non-hydrogen) atoms. The SMILES string of the molecule is Cc1cn[nH]c1CN1CCC[C@H]1c1ncn[nH]1. The fourth-order valence-electron chi connectivity index (χ4n) is 2.44. The summed E-state index contributed by atoms with van der Waals surface area (Å²) in [7, 11) is 0. The van der Waals surface area contributed by atoms with Crippen LogP contribution in [-0.2, 0) is 6.54 Å². The molecule has 2 aromatic heterocycles. The minimum absolute atomic E-state index is 0.361. The van der Waals surface area contributed by atoms with E-state index in [4.69, 9.17) is 0 Å². The first kappa shape index (κ1) is 10.5. The number of hydrogen-bond acceptors (Lipinski definition) is 4. The zero-order valence-corrected chi connectivity index (χ0v) is 9.85. The third-order valence-electron chi connectivity index (χ3n) is 3.41. The van der Waals surface area contributed by atoms with E-state index in [9.17, 15) is 0 Å². The highest BCUT2D eigenvalue weighted by Crippen LogP contribution is 2.30. The van der Waals surface area contributed by atoms with Crippen molar-refractivity contribution in [2.24, 2.45) is 0 Å². The Balaban J connectivity index is 1.77. The number of aryl methyl sites for hydroxylation is 1. The third-order valence-corrected chi connectivity index (χ3v) is 3.41. The lowest BCUT2D eigenvalue weighted by molar-refractivity contribution is 0.237. The summed E-state index contributed by atoms with van der Waals surface area (Å²) in [5.41, 5.74) is 2.41. The Hall–Kier alpha value is -1.69. The van der Waals surface area contributed by atoms with E-state index in [0.717, 1.165) is 25.3 Å². The molecule has 1 aliphatic heterocycles. The second-order valence-electron chi connectivity index (χ2n) is 4.53. The highest BCUT2D eigenvalue weighted by atomic mass is 15.3. The van der Waals surface area contributed by atoms with Crippen LogP contribution in [0.2, 0.25) is 0 Å². The standard InChI is InChI=1S/C11H16N6/c1-8-5-13-15-9(8)6-17-4-2-3-10(17)11-12-7-14-16-11/h5,7,10H,2-4,6H2,1H3,(H,13,15)(H,12,14,16)/t10-/m0/s1. The molecule has 1 saturated heterocycles. The molecule has 0 amide bonds. The third kappa shape index (κ3) is 1.95. The molecule has 0 aliphatic carbocycles. The van der Waals surface area contributed by atoms with Crippen LogP contribution in [0.1, 0.15) is 36.0 Å². The van der Waals surface area contributed by atoms with Crippen molar-refractivity contribution in [3.63, 3.8) is 0 Å². The van der Waals surface area contributed by atoms with Crippen LogP contribution < -0.4 is 0 Å². The summed E-state index contributed by atoms with van der Waals surface area (Å²) in [5.74, 6) is 0.972. The molecule has 0 spiro atoms. The van der Waals surface area contributed by atoms with Crippen LogP contribution in [0.3, 0.4) is 0 Å². The Labute approximate surface area is 99.4 Å². The van der Waals surface area contributed by atoms with E-state index in [1.54, 1.807) is 6.33 Å². The van der Waals surface area contributed by atoms with Gasteiger partial charge in [0.05, 0.1) is 17.9 Å². The largest absolute Gasteiger partial charge is 0.288 e. The number of aromatic amines is 2. The molecular formula is C11H16N6. The fourth-order valence-corrected chi connectivity index (χ4v) is 2.44. The topological polar surface area (TPSA) is 73.5 Å². The molecule has 3 rings (SSSR count). The van der Waals surface area contributed by atoms with Gasteiger partial charge in [0.15, 0.2) is 0 Å². The molecule has 1 fully saturated rings. The minimum atomic E-state index is 0.361. The van der Waals surface area contributed by atoms with Crippen molar-refractivity contribution in [1.29, 1.82) is 0 Å². The van der Waals surface area contributed by atoms with Gasteiger partial charge in [-0.1, -0.05) is 0 Å². The van der Waals surface area contributed by atoms with Gasteiger partial charge < -0.3 is 0 Å². The predicted molar refractivity (Wildman–Crippen MR) is 62.1 cm³/mol. The van der Waals surface area contributed by atoms with Gasteiger partial charge >= 0.3 is 0 Å². The van der Waals surface area contributed by atoms with E-state index in [-0.39, 0.29) is 0 Å². The zero-order chi connectivity index (χ0) is 11.7. The number of nitrogens with one attached hydrogen (secondary N) is 2. The van der Waals surface area contributed by atoms with Crippen molar-refractivity contribution in [3.05, 3.63) is 29.6 Å². The molecule has 1 atom stereocenters. The summed E-state index contributed by atoms with van der Waals surface area (Å²) in [6, 6.07) is 0.361. The molecule has 2 N–H and O–H groups in total. The van der Waals surface area contributed by atoms with Crippen molar-refractivity contribution >= 4 is 0 Å². The van der Waals surface area contributed by atoms with Crippen LogP contribution in [-0.4, -0.2) is 36.8 Å². The van der Waals surface area contributed by atoms with Crippen molar-refractivity contribution in [2.75, 3.05) is 6.54 Å². The number of likely N-dealkylation sites (tertiary alicyclic amines) is 1. The molecule has 6 heteroatoms. The number of rotatable bonds is 3. The Morgan fingerprint density at radius 2 is 2.35 bits per heavy atom. The first-order valence-electron chi connectivity index (χ1n) is 5.93. The van der Waals surface area contributed by atoms with Gasteiger partial charge in [-0.05, 0) is 31.9 Å². The van der Waals surface area contributed by atoms with E-state index in [1.165, 1.54) is 17.7 Å². The predicted octanol–water partition coefficient (Wildman–Crippen LogP) is 1.17. The first-order chi connectivity index (χ1) is 8.34. The van der Waals surface area contributed by atoms with E-state index >= 15 is 0 Å². The smallest absolute Gasteiger partial charge is 0.141 e. The first-order valence-corrected chi connectivity index (χ1v) is 5.93. The van der Waals surface area contributed by atoms with Gasteiger partial charge in [-0.3, -0.25) is 15.1 Å². The van der Waals surface area contributed by atoms with Crippen LogP contribution in [0.15, 0.2) is 12.5 Å². The van der Waals surface area contributed by atoms with Crippen LogP contribution in [0, 0.1) is 6.92 Å². The maximum atomic E-state index is 4.27. The van der Waals surface area contributed by atoms with Gasteiger partial charge in [-0.2, -0.15) is 10.2 Å². The lowest BCUT2D eigenvalue weighted by atomic mass is 10.2. The summed E-state index contributed by atoms with van der Waals surface area (Å²) in [4.78, 5) is 6.68. The van der Waals surface area contributed by atoms with Crippen molar-refractivity contribution in [1.82, 2.24) is 30.3 Å². The summed E-state index contributed by atoms with van der Waals surface area (Å²) >= 11 is 0. The number of hydrogen-bond donors (Lipinski definition) is 2. The van der Waals surface area contributed by atoms with E-state index in [0.29, 0.717) is 6.04 Å². The monoisotopic (exact) mass is 232 g/mol. The maximum Gasteiger partial charge on any atom is 0.141 e. The number of nitrogens with zero attached hydrogens (tertiary/aromatic N) is 4. The zero-order valence-electron chi connectivity index (χ0n) is 9.85. The van der Waals surface area contributed by atoms with Gasteiger partial charge in [0.2, 0.25) is 0 Å². The second kappa shape index (κ2) is 4.29. The van der Waals surface area contributed by atoms with Gasteiger partial charge in [-0.25, -0.2) is 4.98 Å². The van der Waals surface area contributed by atoms with Crippen molar-refractivity contribution in [3.8, 4) is 0 Å². The quantitative estimate of drug-likeness (QED) is 0.833. The molecule has 0 unspecified atom stereocenters. The van der Waals surface area contributed by atoms with Gasteiger partial charge in [0.1, 0.15) is 12.2 Å². The highest BCUT2D eigenvalue weighted by molar-refractivity contribution is 5.14. The maximum absolute atomic E-state index is 4.27. The lowest BCUT2D eigenvalue weighted by Gasteiger charge is -2.21. The van der Waals surface area contributed by atoms with Gasteiger partial charge in [0, 0.05) is 6.54 Å². The molecule has 90 valence electrons. The highest BCUT2D eigenvalue weighted by Gasteiger charge is 2.28. The van der Waals surface area contributed by atoms with E-state index < -0.39 is 0 Å². The number of H-pyrrole nitrogens is 2. The number of aromatic nitrogens is 5. The van der Waals surface area contributed by atoms with Crippen LogP contribution >= 0.6 is 0 Å². The average molecular weight is 232 g/mol. The molecule has 0 radical (unpaired) electrons. The minimum Gasteiger partial charge on any atom is -0.288 e. The Morgan fingerprint density at radius 1 is 1.41 bits per heavy atom. The average Bonchev–Trinajstić information content (AvgIpc) is 3.02. The summed E-state index contributed by atoms with van der Waals surface area (Å²) < 4.78 is 0. The molecule has 0 bridgehead atoms. The van der Waals surface area contributed by atoms with E-state index in [2.05, 4.69) is 37.2 Å². The Morgan fingerprint density at radius 3 is 3.06 bits per heavy atom.